The van der Waals surface area contributed by atoms with Crippen molar-refractivity contribution in [3.8, 4) is 5.19 Å². The molecule has 0 aliphatic carbocycles. The normalized spacial score (nSPS) is 10.9. The summed E-state index contributed by atoms with van der Waals surface area (Å²) in [5.74, 6) is 0. The third-order valence-electron chi connectivity index (χ3n) is 2.48. The molecule has 3 aromatic heterocycles. The molecule has 0 aromatic carbocycles. The average molecular weight is 248 g/mol. The molecular weight excluding hydrogens is 238 g/mol. The minimum Gasteiger partial charge on any atom is -0.281 e. The van der Waals surface area contributed by atoms with Crippen molar-refractivity contribution in [1.29, 1.82) is 0 Å². The molecule has 0 aliphatic rings. The second-order valence-electron chi connectivity index (χ2n) is 3.60. The molecular formula is C10H10N5OS+. The van der Waals surface area contributed by atoms with Crippen LogP contribution in [0.15, 0.2) is 23.7 Å². The molecule has 17 heavy (non-hydrogen) atoms. The lowest BCUT2D eigenvalue weighted by Crippen LogP contribution is -2.32. The van der Waals surface area contributed by atoms with Gasteiger partial charge in [-0.2, -0.15) is 4.57 Å². The number of thiazole rings is 1. The van der Waals surface area contributed by atoms with E-state index in [4.69, 9.17) is 4.84 Å². The lowest BCUT2D eigenvalue weighted by atomic mass is 10.4. The van der Waals surface area contributed by atoms with Crippen molar-refractivity contribution >= 4 is 22.5 Å². The van der Waals surface area contributed by atoms with E-state index in [9.17, 15) is 0 Å². The van der Waals surface area contributed by atoms with E-state index in [1.165, 1.54) is 16.2 Å². The molecule has 0 amide bonds. The maximum atomic E-state index is 5.65. The minimum atomic E-state index is 0.610. The van der Waals surface area contributed by atoms with Crippen LogP contribution in [0.25, 0.3) is 11.2 Å². The quantitative estimate of drug-likeness (QED) is 0.631. The third kappa shape index (κ3) is 1.64. The van der Waals surface area contributed by atoms with E-state index in [-0.39, 0.29) is 0 Å². The summed E-state index contributed by atoms with van der Waals surface area (Å²) in [6.07, 6.45) is 1.69. The molecule has 0 atom stereocenters. The second-order valence-corrected chi connectivity index (χ2v) is 4.42. The number of hydrogen-bond donors (Lipinski definition) is 0. The number of aryl methyl sites for hydroxylation is 1. The van der Waals surface area contributed by atoms with E-state index in [0.717, 1.165) is 10.9 Å². The van der Waals surface area contributed by atoms with Gasteiger partial charge >= 0.3 is 5.19 Å². The zero-order valence-corrected chi connectivity index (χ0v) is 10.2. The molecule has 0 spiro atoms. The van der Waals surface area contributed by atoms with Crippen LogP contribution in [0.1, 0.15) is 5.69 Å². The Balaban J connectivity index is 2.03. The van der Waals surface area contributed by atoms with Crippen LogP contribution < -0.4 is 9.40 Å². The van der Waals surface area contributed by atoms with Crippen LogP contribution >= 0.6 is 11.3 Å². The SMILES string of the molecule is Cc1csc(On2nnc3cccnc32)[n+]1C. The predicted octanol–water partition coefficient (Wildman–Crippen LogP) is 0.863. The summed E-state index contributed by atoms with van der Waals surface area (Å²) in [6.45, 7) is 2.01. The van der Waals surface area contributed by atoms with Gasteiger partial charge in [-0.1, -0.05) is 0 Å². The zero-order valence-electron chi connectivity index (χ0n) is 9.36. The van der Waals surface area contributed by atoms with E-state index in [2.05, 4.69) is 15.3 Å². The molecule has 0 N–H and O–H groups in total. The molecule has 7 heteroatoms. The number of hydrogen-bond acceptors (Lipinski definition) is 5. The van der Waals surface area contributed by atoms with E-state index in [1.807, 2.05) is 36.1 Å². The third-order valence-corrected chi connectivity index (χ3v) is 3.49. The van der Waals surface area contributed by atoms with Crippen molar-refractivity contribution < 1.29 is 9.40 Å². The van der Waals surface area contributed by atoms with Gasteiger partial charge in [-0.25, -0.2) is 4.98 Å². The number of fused-ring (bicyclic) bond motifs is 1. The van der Waals surface area contributed by atoms with Crippen molar-refractivity contribution in [2.75, 3.05) is 0 Å². The van der Waals surface area contributed by atoms with Gasteiger partial charge in [0, 0.05) is 13.1 Å². The molecule has 0 bridgehead atoms. The molecule has 0 fully saturated rings. The lowest BCUT2D eigenvalue weighted by molar-refractivity contribution is -0.679. The fourth-order valence-electron chi connectivity index (χ4n) is 1.40. The first-order valence-corrected chi connectivity index (χ1v) is 5.92. The van der Waals surface area contributed by atoms with Crippen LogP contribution in [0.3, 0.4) is 0 Å². The Morgan fingerprint density at radius 2 is 2.35 bits per heavy atom. The smallest absolute Gasteiger partial charge is 0.281 e. The van der Waals surface area contributed by atoms with Gasteiger partial charge in [0.15, 0.2) is 5.69 Å². The fourth-order valence-corrected chi connectivity index (χ4v) is 2.25. The van der Waals surface area contributed by atoms with Gasteiger partial charge in [-0.05, 0) is 33.5 Å². The van der Waals surface area contributed by atoms with E-state index < -0.39 is 0 Å². The average Bonchev–Trinajstić information content (AvgIpc) is 2.89. The highest BCUT2D eigenvalue weighted by molar-refractivity contribution is 7.11. The van der Waals surface area contributed by atoms with Crippen LogP contribution in [-0.2, 0) is 7.05 Å². The number of rotatable bonds is 2. The van der Waals surface area contributed by atoms with Gasteiger partial charge in [-0.3, -0.25) is 4.84 Å². The Hall–Kier alpha value is -2.02. The molecule has 3 rings (SSSR count). The largest absolute Gasteiger partial charge is 0.456 e. The summed E-state index contributed by atoms with van der Waals surface area (Å²) >= 11 is 1.51. The molecule has 0 unspecified atom stereocenters. The van der Waals surface area contributed by atoms with Crippen molar-refractivity contribution in [2.45, 2.75) is 6.92 Å². The van der Waals surface area contributed by atoms with Crippen LogP contribution in [0.4, 0.5) is 0 Å². The van der Waals surface area contributed by atoms with Gasteiger partial charge in [0.2, 0.25) is 5.65 Å². The first kappa shape index (κ1) is 10.2. The predicted molar refractivity (Wildman–Crippen MR) is 61.6 cm³/mol. The van der Waals surface area contributed by atoms with Gasteiger partial charge in [0.25, 0.3) is 0 Å². The number of aromatic nitrogens is 5. The van der Waals surface area contributed by atoms with Crippen LogP contribution in [0.2, 0.25) is 0 Å². The maximum absolute atomic E-state index is 5.65. The highest BCUT2D eigenvalue weighted by Gasteiger charge is 2.17. The van der Waals surface area contributed by atoms with E-state index in [1.54, 1.807) is 6.20 Å². The fraction of sp³-hybridized carbons (Fsp3) is 0.200. The summed E-state index contributed by atoms with van der Waals surface area (Å²) < 4.78 is 1.95. The molecule has 6 nitrogen and oxygen atoms in total. The molecule has 3 heterocycles. The Morgan fingerprint density at radius 1 is 1.47 bits per heavy atom. The van der Waals surface area contributed by atoms with E-state index >= 15 is 0 Å². The lowest BCUT2D eigenvalue weighted by Gasteiger charge is -1.97. The summed E-state index contributed by atoms with van der Waals surface area (Å²) in [5.41, 5.74) is 2.45. The summed E-state index contributed by atoms with van der Waals surface area (Å²) in [6, 6.07) is 3.66. The van der Waals surface area contributed by atoms with Crippen LogP contribution in [0.5, 0.6) is 5.19 Å². The zero-order chi connectivity index (χ0) is 11.8. The van der Waals surface area contributed by atoms with Crippen molar-refractivity contribution in [2.24, 2.45) is 7.05 Å². The summed E-state index contributed by atoms with van der Waals surface area (Å²) in [7, 11) is 1.94. The molecule has 86 valence electrons. The molecule has 0 aliphatic heterocycles. The van der Waals surface area contributed by atoms with Gasteiger partial charge in [0.05, 0.1) is 5.38 Å². The van der Waals surface area contributed by atoms with Gasteiger partial charge < -0.3 is 0 Å². The Bertz CT molecular complexity index is 674. The monoisotopic (exact) mass is 248 g/mol. The van der Waals surface area contributed by atoms with Crippen molar-refractivity contribution in [1.82, 2.24) is 20.1 Å². The molecule has 0 radical (unpaired) electrons. The number of nitrogens with zero attached hydrogens (tertiary/aromatic N) is 5. The highest BCUT2D eigenvalue weighted by atomic mass is 32.1. The standard InChI is InChI=1S/C10H10N5OS/c1-7-6-17-10(14(7)2)16-15-9-8(12-13-15)4-3-5-11-9/h3-6H,1-2H3/q+1. The van der Waals surface area contributed by atoms with Gasteiger partial charge in [-0.15, -0.1) is 5.10 Å². The van der Waals surface area contributed by atoms with Crippen LogP contribution in [0, 0.1) is 6.92 Å². The Labute approximate surface area is 101 Å². The molecule has 3 aromatic rings. The molecule has 0 saturated carbocycles. The second kappa shape index (κ2) is 3.77. The first-order valence-electron chi connectivity index (χ1n) is 5.04. The summed E-state index contributed by atoms with van der Waals surface area (Å²) in [4.78, 5) is 11.2. The number of pyridine rings is 1. The first-order chi connectivity index (χ1) is 8.25. The van der Waals surface area contributed by atoms with Crippen LogP contribution in [-0.4, -0.2) is 20.1 Å². The topological polar surface area (TPSA) is 56.7 Å². The van der Waals surface area contributed by atoms with Gasteiger partial charge in [0.1, 0.15) is 12.6 Å². The minimum absolute atomic E-state index is 0.610. The molecule has 0 saturated heterocycles. The maximum Gasteiger partial charge on any atom is 0.456 e. The Kier molecular flexibility index (Phi) is 2.25. The van der Waals surface area contributed by atoms with Crippen molar-refractivity contribution in [3.63, 3.8) is 0 Å². The van der Waals surface area contributed by atoms with Crippen molar-refractivity contribution in [3.05, 3.63) is 29.4 Å². The highest BCUT2D eigenvalue weighted by Crippen LogP contribution is 2.16. The summed E-state index contributed by atoms with van der Waals surface area (Å²) in [5, 5.41) is 10.6. The van der Waals surface area contributed by atoms with E-state index in [0.29, 0.717) is 11.2 Å². The Morgan fingerprint density at radius 3 is 3.12 bits per heavy atom.